The lowest BCUT2D eigenvalue weighted by Gasteiger charge is -2.25. The van der Waals surface area contributed by atoms with Gasteiger partial charge in [0.25, 0.3) is 0 Å². The molecule has 1 amide bonds. The highest BCUT2D eigenvalue weighted by molar-refractivity contribution is 5.81. The minimum atomic E-state index is -0.935. The fraction of sp³-hybridized carbons (Fsp3) is 0.867. The third-order valence-corrected chi connectivity index (χ3v) is 3.48. The summed E-state index contributed by atoms with van der Waals surface area (Å²) in [5.74, 6) is -1.09. The zero-order valence-corrected chi connectivity index (χ0v) is 12.7. The topological polar surface area (TPSA) is 57.6 Å². The summed E-state index contributed by atoms with van der Waals surface area (Å²) in [5.41, 5.74) is 0. The first-order chi connectivity index (χ1) is 9.00. The van der Waals surface area contributed by atoms with Gasteiger partial charge in [0, 0.05) is 13.5 Å². The molecule has 0 aliphatic heterocycles. The number of hydrogen-bond donors (Lipinski definition) is 1. The summed E-state index contributed by atoms with van der Waals surface area (Å²) >= 11 is 0. The van der Waals surface area contributed by atoms with Crippen molar-refractivity contribution in [2.75, 3.05) is 6.54 Å². The Morgan fingerprint density at radius 1 is 1.00 bits per heavy atom. The minimum Gasteiger partial charge on any atom is -0.480 e. The molecule has 0 bridgehead atoms. The van der Waals surface area contributed by atoms with E-state index in [0.29, 0.717) is 6.54 Å². The van der Waals surface area contributed by atoms with Crippen molar-refractivity contribution in [1.29, 1.82) is 0 Å². The van der Waals surface area contributed by atoms with Gasteiger partial charge in [0.2, 0.25) is 5.91 Å². The molecule has 0 aromatic rings. The lowest BCUT2D eigenvalue weighted by molar-refractivity contribution is -0.148. The van der Waals surface area contributed by atoms with E-state index in [1.807, 2.05) is 0 Å². The number of carbonyl (C=O) groups is 2. The fourth-order valence-corrected chi connectivity index (χ4v) is 2.17. The number of amides is 1. The van der Waals surface area contributed by atoms with Crippen LogP contribution in [0.15, 0.2) is 0 Å². The van der Waals surface area contributed by atoms with E-state index in [0.717, 1.165) is 12.8 Å². The van der Waals surface area contributed by atoms with Gasteiger partial charge in [-0.15, -0.1) is 0 Å². The Balaban J connectivity index is 3.71. The first-order valence-corrected chi connectivity index (χ1v) is 7.50. The van der Waals surface area contributed by atoms with Crippen molar-refractivity contribution >= 4 is 11.9 Å². The number of nitrogens with zero attached hydrogens (tertiary/aromatic N) is 1. The standard InChI is InChI=1S/C15H29NO3/c1-4-5-6-7-8-9-10-11-12-16(14(3)17)13(2)15(18)19/h13H,4-12H2,1-3H3,(H,18,19). The van der Waals surface area contributed by atoms with E-state index in [4.69, 9.17) is 5.11 Å². The molecule has 4 nitrogen and oxygen atoms in total. The third-order valence-electron chi connectivity index (χ3n) is 3.48. The van der Waals surface area contributed by atoms with Crippen LogP contribution < -0.4 is 0 Å². The SMILES string of the molecule is CCCCCCCCCCN(C(C)=O)C(C)C(=O)O. The smallest absolute Gasteiger partial charge is 0.326 e. The van der Waals surface area contributed by atoms with Crippen LogP contribution in [0.25, 0.3) is 0 Å². The molecule has 112 valence electrons. The van der Waals surface area contributed by atoms with E-state index >= 15 is 0 Å². The Labute approximate surface area is 117 Å². The average molecular weight is 271 g/mol. The van der Waals surface area contributed by atoms with Crippen molar-refractivity contribution in [1.82, 2.24) is 4.90 Å². The maximum atomic E-state index is 11.4. The monoisotopic (exact) mass is 271 g/mol. The molecule has 0 fully saturated rings. The molecule has 0 aromatic heterocycles. The molecule has 0 heterocycles. The highest BCUT2D eigenvalue weighted by atomic mass is 16.4. The quantitative estimate of drug-likeness (QED) is 0.586. The largest absolute Gasteiger partial charge is 0.480 e. The lowest BCUT2D eigenvalue weighted by Crippen LogP contribution is -2.42. The van der Waals surface area contributed by atoms with Crippen LogP contribution in [0, 0.1) is 0 Å². The third kappa shape index (κ3) is 8.62. The molecule has 0 spiro atoms. The predicted molar refractivity (Wildman–Crippen MR) is 77.1 cm³/mol. The molecule has 1 atom stereocenters. The second kappa shape index (κ2) is 10.8. The molecule has 0 aliphatic rings. The molecule has 0 aliphatic carbocycles. The number of hydrogen-bond acceptors (Lipinski definition) is 2. The number of aliphatic carboxylic acids is 1. The van der Waals surface area contributed by atoms with E-state index in [1.165, 1.54) is 50.3 Å². The molecule has 1 N–H and O–H groups in total. The molecule has 0 aromatic carbocycles. The first-order valence-electron chi connectivity index (χ1n) is 7.50. The normalized spacial score (nSPS) is 12.2. The second-order valence-corrected chi connectivity index (χ2v) is 5.20. The van der Waals surface area contributed by atoms with Crippen molar-refractivity contribution in [3.8, 4) is 0 Å². The van der Waals surface area contributed by atoms with Crippen LogP contribution in [0.3, 0.4) is 0 Å². The molecule has 0 saturated carbocycles. The van der Waals surface area contributed by atoms with Gasteiger partial charge in [0.15, 0.2) is 0 Å². The molecular formula is C15H29NO3. The highest BCUT2D eigenvalue weighted by Gasteiger charge is 2.21. The van der Waals surface area contributed by atoms with E-state index < -0.39 is 12.0 Å². The average Bonchev–Trinajstić information content (AvgIpc) is 2.35. The van der Waals surface area contributed by atoms with Crippen LogP contribution in [0.4, 0.5) is 0 Å². The van der Waals surface area contributed by atoms with Gasteiger partial charge in [-0.25, -0.2) is 4.79 Å². The van der Waals surface area contributed by atoms with E-state index in [1.54, 1.807) is 6.92 Å². The molecule has 4 heteroatoms. The minimum absolute atomic E-state index is 0.155. The Kier molecular flexibility index (Phi) is 10.2. The summed E-state index contributed by atoms with van der Waals surface area (Å²) in [5, 5.41) is 8.93. The summed E-state index contributed by atoms with van der Waals surface area (Å²) in [6, 6.07) is -0.720. The Bertz CT molecular complexity index is 266. The van der Waals surface area contributed by atoms with Crippen molar-refractivity contribution in [2.24, 2.45) is 0 Å². The maximum absolute atomic E-state index is 11.4. The number of carboxylic acids is 1. The van der Waals surface area contributed by atoms with Crippen molar-refractivity contribution < 1.29 is 14.7 Å². The Hall–Kier alpha value is -1.06. The van der Waals surface area contributed by atoms with Crippen LogP contribution in [0.5, 0.6) is 0 Å². The van der Waals surface area contributed by atoms with E-state index in [-0.39, 0.29) is 5.91 Å². The van der Waals surface area contributed by atoms with Crippen LogP contribution in [-0.4, -0.2) is 34.5 Å². The molecule has 1 unspecified atom stereocenters. The van der Waals surface area contributed by atoms with Crippen molar-refractivity contribution in [3.05, 3.63) is 0 Å². The highest BCUT2D eigenvalue weighted by Crippen LogP contribution is 2.10. The van der Waals surface area contributed by atoms with E-state index in [2.05, 4.69) is 6.92 Å². The van der Waals surface area contributed by atoms with Gasteiger partial charge in [0.1, 0.15) is 6.04 Å². The summed E-state index contributed by atoms with van der Waals surface area (Å²) in [6.07, 6.45) is 9.56. The summed E-state index contributed by atoms with van der Waals surface area (Å²) in [7, 11) is 0. The van der Waals surface area contributed by atoms with Crippen LogP contribution >= 0.6 is 0 Å². The molecule has 19 heavy (non-hydrogen) atoms. The van der Waals surface area contributed by atoms with Crippen LogP contribution in [-0.2, 0) is 9.59 Å². The molecule has 0 saturated heterocycles. The van der Waals surface area contributed by atoms with Gasteiger partial charge < -0.3 is 10.0 Å². The summed E-state index contributed by atoms with van der Waals surface area (Å²) in [6.45, 7) is 5.76. The van der Waals surface area contributed by atoms with Gasteiger partial charge in [-0.1, -0.05) is 51.9 Å². The molecular weight excluding hydrogens is 242 g/mol. The number of carboxylic acid groups (broad SMARTS) is 1. The fourth-order valence-electron chi connectivity index (χ4n) is 2.17. The van der Waals surface area contributed by atoms with Gasteiger partial charge in [0.05, 0.1) is 0 Å². The van der Waals surface area contributed by atoms with Crippen molar-refractivity contribution in [3.63, 3.8) is 0 Å². The Morgan fingerprint density at radius 2 is 1.47 bits per heavy atom. The molecule has 0 radical (unpaired) electrons. The number of rotatable bonds is 11. The van der Waals surface area contributed by atoms with Gasteiger partial charge in [-0.3, -0.25) is 4.79 Å². The number of unbranched alkanes of at least 4 members (excludes halogenated alkanes) is 7. The van der Waals surface area contributed by atoms with Crippen LogP contribution in [0.1, 0.15) is 72.1 Å². The zero-order chi connectivity index (χ0) is 14.7. The maximum Gasteiger partial charge on any atom is 0.326 e. The predicted octanol–water partition coefficient (Wildman–Crippen LogP) is 3.45. The molecule has 0 rings (SSSR count). The summed E-state index contributed by atoms with van der Waals surface area (Å²) < 4.78 is 0. The van der Waals surface area contributed by atoms with Gasteiger partial charge in [-0.05, 0) is 13.3 Å². The zero-order valence-electron chi connectivity index (χ0n) is 12.7. The Morgan fingerprint density at radius 3 is 1.89 bits per heavy atom. The first kappa shape index (κ1) is 17.9. The van der Waals surface area contributed by atoms with Gasteiger partial charge in [-0.2, -0.15) is 0 Å². The second-order valence-electron chi connectivity index (χ2n) is 5.20. The van der Waals surface area contributed by atoms with Gasteiger partial charge >= 0.3 is 5.97 Å². The van der Waals surface area contributed by atoms with Crippen molar-refractivity contribution in [2.45, 2.75) is 78.2 Å². The number of carbonyl (C=O) groups excluding carboxylic acids is 1. The lowest BCUT2D eigenvalue weighted by atomic mass is 10.1. The van der Waals surface area contributed by atoms with E-state index in [9.17, 15) is 9.59 Å². The summed E-state index contributed by atoms with van der Waals surface area (Å²) in [4.78, 5) is 23.7. The van der Waals surface area contributed by atoms with Crippen LogP contribution in [0.2, 0.25) is 0 Å².